The Morgan fingerprint density at radius 3 is 1.38 bits per heavy atom. The quantitative estimate of drug-likeness (QED) is 0.220. The Balaban J connectivity index is 0.00000218. The van der Waals surface area contributed by atoms with E-state index in [0.717, 1.165) is 68.1 Å². The fourth-order valence-electron chi connectivity index (χ4n) is 8.09. The van der Waals surface area contributed by atoms with Crippen LogP contribution in [0.15, 0.2) is 170 Å². The van der Waals surface area contributed by atoms with Gasteiger partial charge in [-0.2, -0.15) is 0 Å². The molecule has 0 N–H and O–H groups in total. The van der Waals surface area contributed by atoms with Gasteiger partial charge in [-0.1, -0.05) is 91.0 Å². The molecule has 0 saturated carbocycles. The first-order chi connectivity index (χ1) is 27.7. The van der Waals surface area contributed by atoms with Gasteiger partial charge in [0, 0.05) is 10.8 Å². The summed E-state index contributed by atoms with van der Waals surface area (Å²) in [6.45, 7) is 2.57. The van der Waals surface area contributed by atoms with Crippen LogP contribution in [0.3, 0.4) is 0 Å². The van der Waals surface area contributed by atoms with Gasteiger partial charge in [0.15, 0.2) is 33.6 Å². The molecule has 0 spiro atoms. The normalized spacial score (nSPS) is 12.6. The number of para-hydroxylation sites is 8. The number of ether oxygens (including phenoxy) is 2. The van der Waals surface area contributed by atoms with Crippen molar-refractivity contribution in [3.8, 4) is 23.3 Å². The van der Waals surface area contributed by atoms with Crippen molar-refractivity contribution in [1.82, 2.24) is 19.1 Å². The number of nitrogens with zero attached hydrogens (tertiary/aromatic N) is 6. The zero-order valence-electron chi connectivity index (χ0n) is 31.2. The molecular weight excluding hydrogens is 852 g/mol. The Hall–Kier alpha value is -6.36. The van der Waals surface area contributed by atoms with Crippen LogP contribution in [0, 0.1) is 0 Å². The summed E-state index contributed by atoms with van der Waals surface area (Å²) in [7, 11) is 0. The van der Waals surface area contributed by atoms with Crippen molar-refractivity contribution < 1.29 is 52.6 Å². The smallest absolute Gasteiger partial charge is 0.245 e. The fraction of sp³-hybridized carbons (Fsp3) is 0.0833. The van der Waals surface area contributed by atoms with Gasteiger partial charge < -0.3 is 43.4 Å². The third kappa shape index (κ3) is 6.88. The maximum absolute atomic E-state index is 6.83. The SMILES string of the molecule is [Br-].[Br-].c1cc2cc(c1)C[n+]1cn(c3ccccc31)Cc1cc3ccccc3nc1Oc1ccccc1Oc1nc3ccccc3cc1Cn1c[n+](c3ccccc31)C2. The third-order valence-corrected chi connectivity index (χ3v) is 10.7. The lowest BCUT2D eigenvalue weighted by Gasteiger charge is -2.16. The number of aromatic nitrogens is 6. The van der Waals surface area contributed by atoms with Crippen LogP contribution in [0.4, 0.5) is 0 Å². The molecule has 6 aromatic carbocycles. The Morgan fingerprint density at radius 1 is 0.448 bits per heavy atom. The highest BCUT2D eigenvalue weighted by Gasteiger charge is 2.23. The number of rotatable bonds is 0. The average molecular weight is 889 g/mol. The van der Waals surface area contributed by atoms with E-state index in [-0.39, 0.29) is 34.0 Å². The van der Waals surface area contributed by atoms with Gasteiger partial charge in [0.2, 0.25) is 24.4 Å². The molecule has 0 radical (unpaired) electrons. The van der Waals surface area contributed by atoms with Crippen LogP contribution in [0.1, 0.15) is 22.3 Å². The van der Waals surface area contributed by atoms with E-state index in [2.05, 4.69) is 128 Å². The van der Waals surface area contributed by atoms with Crippen LogP contribution in [-0.2, 0) is 26.2 Å². The maximum atomic E-state index is 6.83. The molecule has 6 bridgehead atoms. The number of hydrogen-bond acceptors (Lipinski definition) is 4. The number of fused-ring (bicyclic) bond motifs is 17. The fourth-order valence-corrected chi connectivity index (χ4v) is 8.09. The van der Waals surface area contributed by atoms with E-state index < -0.39 is 0 Å². The van der Waals surface area contributed by atoms with Crippen LogP contribution in [0.5, 0.6) is 23.3 Å². The summed E-state index contributed by atoms with van der Waals surface area (Å²) in [5.41, 5.74) is 10.7. The van der Waals surface area contributed by atoms with Gasteiger partial charge >= 0.3 is 0 Å². The van der Waals surface area contributed by atoms with Crippen molar-refractivity contribution in [2.45, 2.75) is 26.2 Å². The topological polar surface area (TPSA) is 61.9 Å². The zero-order chi connectivity index (χ0) is 37.0. The number of hydrogen-bond donors (Lipinski definition) is 0. The Morgan fingerprint density at radius 2 is 0.879 bits per heavy atom. The van der Waals surface area contributed by atoms with Gasteiger partial charge in [-0.3, -0.25) is 0 Å². The van der Waals surface area contributed by atoms with Crippen molar-refractivity contribution >= 4 is 43.9 Å². The van der Waals surface area contributed by atoms with E-state index in [1.165, 1.54) is 11.1 Å². The van der Waals surface area contributed by atoms with E-state index in [1.807, 2.05) is 60.7 Å². The minimum atomic E-state index is 0. The average Bonchev–Trinajstić information content (AvgIpc) is 3.75. The predicted octanol–water partition coefficient (Wildman–Crippen LogP) is 3.37. The first kappa shape index (κ1) is 37.2. The summed E-state index contributed by atoms with van der Waals surface area (Å²) in [5.74, 6) is 2.16. The second-order valence-corrected chi connectivity index (χ2v) is 14.5. The van der Waals surface area contributed by atoms with Gasteiger partial charge in [-0.25, -0.2) is 28.2 Å². The van der Waals surface area contributed by atoms with Crippen LogP contribution in [0.25, 0.3) is 43.9 Å². The lowest BCUT2D eigenvalue weighted by atomic mass is 10.1. The van der Waals surface area contributed by atoms with Gasteiger partial charge in [0.25, 0.3) is 0 Å². The highest BCUT2D eigenvalue weighted by atomic mass is 79.9. The van der Waals surface area contributed by atoms with E-state index in [1.54, 1.807) is 0 Å². The molecule has 1 aliphatic heterocycles. The molecule has 11 rings (SSSR count). The first-order valence-electron chi connectivity index (χ1n) is 18.9. The predicted molar refractivity (Wildman–Crippen MR) is 217 cm³/mol. The van der Waals surface area contributed by atoms with Crippen molar-refractivity contribution in [2.75, 3.05) is 0 Å². The molecule has 0 unspecified atom stereocenters. The highest BCUT2D eigenvalue weighted by molar-refractivity contribution is 5.81. The molecule has 0 amide bonds. The van der Waals surface area contributed by atoms with Crippen molar-refractivity contribution in [3.63, 3.8) is 0 Å². The largest absolute Gasteiger partial charge is 1.00 e. The van der Waals surface area contributed by atoms with E-state index in [4.69, 9.17) is 19.4 Å². The second-order valence-electron chi connectivity index (χ2n) is 14.5. The van der Waals surface area contributed by atoms with Gasteiger partial charge in [-0.05, 0) is 77.9 Å². The lowest BCUT2D eigenvalue weighted by Crippen LogP contribution is -3.00. The standard InChI is InChI=1S/C48H36N6O2.2BrH/c1-3-16-39-35(14-1)25-37-29-53-31-51(41-18-5-7-20-43(41)53)27-33-12-11-13-34(24-33)28-52-32-54(44-21-8-6-19-42(44)52)30-38-26-36-15-2-4-17-40(36)50-48(38)56-46-23-10-9-22-45(46)55-47(37)49-39;;/h1-26,31-32H,27-30H2;2*1H/q+2;;/p-2. The first-order valence-corrected chi connectivity index (χ1v) is 18.9. The van der Waals surface area contributed by atoms with E-state index in [9.17, 15) is 0 Å². The van der Waals surface area contributed by atoms with Gasteiger partial charge in [-0.15, -0.1) is 0 Å². The summed E-state index contributed by atoms with van der Waals surface area (Å²) in [5, 5.41) is 2.10. The van der Waals surface area contributed by atoms with Gasteiger partial charge in [0.1, 0.15) is 26.2 Å². The molecule has 284 valence electrons. The number of halogens is 2. The summed E-state index contributed by atoms with van der Waals surface area (Å²) < 4.78 is 22.9. The molecule has 10 heteroatoms. The van der Waals surface area contributed by atoms with Crippen LogP contribution in [0.2, 0.25) is 0 Å². The molecule has 58 heavy (non-hydrogen) atoms. The number of imidazole rings is 2. The maximum Gasteiger partial charge on any atom is 0.245 e. The van der Waals surface area contributed by atoms with Crippen molar-refractivity contribution in [3.05, 3.63) is 193 Å². The molecule has 1 aliphatic rings. The minimum Gasteiger partial charge on any atom is -1.00 e. The van der Waals surface area contributed by atoms with E-state index >= 15 is 0 Å². The van der Waals surface area contributed by atoms with Crippen LogP contribution in [-0.4, -0.2) is 19.1 Å². The number of benzene rings is 6. The molecule has 0 fully saturated rings. The summed E-state index contributed by atoms with van der Waals surface area (Å²) in [6.07, 6.45) is 4.43. The third-order valence-electron chi connectivity index (χ3n) is 10.7. The van der Waals surface area contributed by atoms with Crippen molar-refractivity contribution in [1.29, 1.82) is 0 Å². The summed E-state index contributed by atoms with van der Waals surface area (Å²) in [4.78, 5) is 10.2. The summed E-state index contributed by atoms with van der Waals surface area (Å²) >= 11 is 0. The Labute approximate surface area is 355 Å². The van der Waals surface area contributed by atoms with Crippen LogP contribution < -0.4 is 52.6 Å². The minimum absolute atomic E-state index is 0. The zero-order valence-corrected chi connectivity index (χ0v) is 34.4. The van der Waals surface area contributed by atoms with Crippen LogP contribution >= 0.6 is 0 Å². The highest BCUT2D eigenvalue weighted by Crippen LogP contribution is 2.38. The van der Waals surface area contributed by atoms with Crippen molar-refractivity contribution in [2.24, 2.45) is 0 Å². The number of pyridine rings is 2. The summed E-state index contributed by atoms with van der Waals surface area (Å²) in [6, 6.07) is 54.6. The molecule has 10 aromatic rings. The van der Waals surface area contributed by atoms with Gasteiger partial charge in [0.05, 0.1) is 22.2 Å². The Bertz CT molecular complexity index is 2930. The molecule has 0 saturated heterocycles. The monoisotopic (exact) mass is 886 g/mol. The molecule has 4 aromatic heterocycles. The molecule has 8 nitrogen and oxygen atoms in total. The molecular formula is C48H36Br2N6O2. The van der Waals surface area contributed by atoms with E-state index in [0.29, 0.717) is 36.3 Å². The molecule has 5 heterocycles. The second kappa shape index (κ2) is 15.5. The molecule has 0 aliphatic carbocycles. The lowest BCUT2D eigenvalue weighted by molar-refractivity contribution is -0.664. The Kier molecular flexibility index (Phi) is 9.97. The molecule has 0 atom stereocenters.